The van der Waals surface area contributed by atoms with Gasteiger partial charge in [-0.2, -0.15) is 5.10 Å². The van der Waals surface area contributed by atoms with Gasteiger partial charge < -0.3 is 5.32 Å². The molecule has 10 nitrogen and oxygen atoms in total. The van der Waals surface area contributed by atoms with Crippen LogP contribution >= 0.6 is 0 Å². The molecular weight excluding hydrogens is 496 g/mol. The Hall–Kier alpha value is -5.12. The van der Waals surface area contributed by atoms with E-state index in [1.54, 1.807) is 16.8 Å². The molecule has 5 rings (SSSR count). The van der Waals surface area contributed by atoms with Crippen LogP contribution in [0.1, 0.15) is 29.0 Å². The molecule has 0 bridgehead atoms. The van der Waals surface area contributed by atoms with Gasteiger partial charge >= 0.3 is 0 Å². The average Bonchev–Trinajstić information content (AvgIpc) is 3.38. The summed E-state index contributed by atoms with van der Waals surface area (Å²) in [6.45, 7) is 0.816. The molecule has 0 unspecified atom stereocenters. The maximum Gasteiger partial charge on any atom is 0.269 e. The van der Waals surface area contributed by atoms with Crippen LogP contribution in [0.3, 0.4) is 0 Å². The van der Waals surface area contributed by atoms with Crippen molar-refractivity contribution in [3.63, 3.8) is 0 Å². The van der Waals surface area contributed by atoms with Crippen molar-refractivity contribution in [2.24, 2.45) is 0 Å². The van der Waals surface area contributed by atoms with E-state index in [0.717, 1.165) is 11.1 Å². The van der Waals surface area contributed by atoms with Crippen molar-refractivity contribution in [1.82, 2.24) is 24.6 Å². The topological polar surface area (TPSA) is 125 Å². The lowest BCUT2D eigenvalue weighted by Crippen LogP contribution is -2.29. The number of nitrogens with zero attached hydrogens (tertiary/aromatic N) is 5. The zero-order valence-electron chi connectivity index (χ0n) is 21.0. The molecule has 0 aliphatic carbocycles. The largest absolute Gasteiger partial charge is 0.354 e. The van der Waals surface area contributed by atoms with Gasteiger partial charge in [0.05, 0.1) is 24.2 Å². The second-order valence-electron chi connectivity index (χ2n) is 9.14. The van der Waals surface area contributed by atoms with Crippen LogP contribution in [0, 0.1) is 10.1 Å². The lowest BCUT2D eigenvalue weighted by Gasteiger charge is -2.18. The first-order valence-corrected chi connectivity index (χ1v) is 12.5. The summed E-state index contributed by atoms with van der Waals surface area (Å²) in [5.74, 6) is -0.152. The third kappa shape index (κ3) is 5.90. The summed E-state index contributed by atoms with van der Waals surface area (Å²) < 4.78 is 2.98. The number of carbonyl (C=O) groups is 1. The number of rotatable bonds is 10. The van der Waals surface area contributed by atoms with Crippen molar-refractivity contribution in [3.05, 3.63) is 135 Å². The number of fused-ring (bicyclic) bond motifs is 1. The van der Waals surface area contributed by atoms with Gasteiger partial charge in [-0.25, -0.2) is 9.67 Å². The second kappa shape index (κ2) is 11.5. The standard InChI is InChI=1S/C29H26N6O4/c36-27(17-25(22-9-3-1-4-10-22)23-11-5-2-6-12-23)30-14-15-34-28-26(18-32-34)29(37)33(20-31-28)19-21-8-7-13-24(16-21)35(38)39/h1-13,16,18,20,25H,14-15,17,19H2,(H,30,36). The van der Waals surface area contributed by atoms with Gasteiger partial charge in [-0.1, -0.05) is 72.8 Å². The van der Waals surface area contributed by atoms with Gasteiger partial charge in [0.15, 0.2) is 5.65 Å². The zero-order chi connectivity index (χ0) is 27.2. The molecule has 0 aliphatic heterocycles. The molecule has 2 heterocycles. The Morgan fingerprint density at radius 3 is 2.33 bits per heavy atom. The van der Waals surface area contributed by atoms with E-state index in [0.29, 0.717) is 36.1 Å². The van der Waals surface area contributed by atoms with Crippen LogP contribution < -0.4 is 10.9 Å². The predicted octanol–water partition coefficient (Wildman–Crippen LogP) is 3.89. The van der Waals surface area contributed by atoms with Crippen molar-refractivity contribution >= 4 is 22.6 Å². The maximum absolute atomic E-state index is 13.0. The molecule has 196 valence electrons. The second-order valence-corrected chi connectivity index (χ2v) is 9.14. The number of amides is 1. The minimum Gasteiger partial charge on any atom is -0.354 e. The Morgan fingerprint density at radius 2 is 1.67 bits per heavy atom. The fourth-order valence-corrected chi connectivity index (χ4v) is 4.60. The minimum absolute atomic E-state index is 0.0386. The fourth-order valence-electron chi connectivity index (χ4n) is 4.60. The summed E-state index contributed by atoms with van der Waals surface area (Å²) in [5.41, 5.74) is 2.84. The van der Waals surface area contributed by atoms with E-state index in [-0.39, 0.29) is 29.6 Å². The molecular formula is C29H26N6O4. The predicted molar refractivity (Wildman–Crippen MR) is 146 cm³/mol. The van der Waals surface area contributed by atoms with E-state index in [1.165, 1.54) is 29.2 Å². The van der Waals surface area contributed by atoms with Crippen LogP contribution in [-0.4, -0.2) is 36.7 Å². The maximum atomic E-state index is 13.0. The molecule has 5 aromatic rings. The molecule has 0 spiro atoms. The van der Waals surface area contributed by atoms with Crippen LogP contribution in [-0.2, 0) is 17.9 Å². The van der Waals surface area contributed by atoms with Gasteiger partial charge in [0.25, 0.3) is 11.2 Å². The van der Waals surface area contributed by atoms with Gasteiger partial charge in [0.2, 0.25) is 5.91 Å². The Balaban J connectivity index is 1.24. The first-order chi connectivity index (χ1) is 19.0. The monoisotopic (exact) mass is 522 g/mol. The lowest BCUT2D eigenvalue weighted by molar-refractivity contribution is -0.384. The average molecular weight is 523 g/mol. The molecule has 0 saturated heterocycles. The van der Waals surface area contributed by atoms with Crippen molar-refractivity contribution in [2.75, 3.05) is 6.54 Å². The lowest BCUT2D eigenvalue weighted by atomic mass is 9.88. The number of benzene rings is 3. The Morgan fingerprint density at radius 1 is 0.974 bits per heavy atom. The number of carbonyl (C=O) groups excluding carboxylic acids is 1. The van der Waals surface area contributed by atoms with E-state index in [4.69, 9.17) is 0 Å². The summed E-state index contributed by atoms with van der Waals surface area (Å²) in [6, 6.07) is 26.0. The number of nitro groups is 1. The highest BCUT2D eigenvalue weighted by Gasteiger charge is 2.18. The number of non-ortho nitro benzene ring substituents is 1. The SMILES string of the molecule is O=C(CC(c1ccccc1)c1ccccc1)NCCn1ncc2c(=O)n(Cc3cccc([N+](=O)[O-])c3)cnc21. The fraction of sp³-hybridized carbons (Fsp3) is 0.172. The van der Waals surface area contributed by atoms with E-state index in [1.807, 2.05) is 60.7 Å². The van der Waals surface area contributed by atoms with Crippen molar-refractivity contribution in [3.8, 4) is 0 Å². The summed E-state index contributed by atoms with van der Waals surface area (Å²) >= 11 is 0. The van der Waals surface area contributed by atoms with E-state index in [9.17, 15) is 19.7 Å². The van der Waals surface area contributed by atoms with Crippen molar-refractivity contribution < 1.29 is 9.72 Å². The quantitative estimate of drug-likeness (QED) is 0.219. The normalized spacial score (nSPS) is 11.1. The molecule has 2 aromatic heterocycles. The van der Waals surface area contributed by atoms with Gasteiger partial charge in [-0.3, -0.25) is 24.3 Å². The van der Waals surface area contributed by atoms with Crippen molar-refractivity contribution in [2.45, 2.75) is 25.4 Å². The molecule has 0 fully saturated rings. The summed E-state index contributed by atoms with van der Waals surface area (Å²) in [5, 5.41) is 18.6. The van der Waals surface area contributed by atoms with Crippen LogP contribution in [0.25, 0.3) is 11.0 Å². The highest BCUT2D eigenvalue weighted by molar-refractivity contribution is 5.77. The Kier molecular flexibility index (Phi) is 7.53. The van der Waals surface area contributed by atoms with Gasteiger partial charge in [0, 0.05) is 31.0 Å². The van der Waals surface area contributed by atoms with Gasteiger partial charge in [-0.15, -0.1) is 0 Å². The van der Waals surface area contributed by atoms with Gasteiger partial charge in [0.1, 0.15) is 11.7 Å². The van der Waals surface area contributed by atoms with E-state index >= 15 is 0 Å². The highest BCUT2D eigenvalue weighted by atomic mass is 16.6. The number of nitrogens with one attached hydrogen (secondary N) is 1. The summed E-state index contributed by atoms with van der Waals surface area (Å²) in [4.78, 5) is 40.9. The highest BCUT2D eigenvalue weighted by Crippen LogP contribution is 2.27. The number of nitro benzene ring substituents is 1. The third-order valence-corrected chi connectivity index (χ3v) is 6.54. The summed E-state index contributed by atoms with van der Waals surface area (Å²) in [7, 11) is 0. The Labute approximate surface area is 223 Å². The molecule has 0 radical (unpaired) electrons. The van der Waals surface area contributed by atoms with Crippen LogP contribution in [0.4, 0.5) is 5.69 Å². The molecule has 0 atom stereocenters. The van der Waals surface area contributed by atoms with Crippen LogP contribution in [0.2, 0.25) is 0 Å². The first-order valence-electron chi connectivity index (χ1n) is 12.5. The molecule has 1 N–H and O–H groups in total. The Bertz CT molecular complexity index is 1620. The first kappa shape index (κ1) is 25.5. The van der Waals surface area contributed by atoms with E-state index in [2.05, 4.69) is 15.4 Å². The third-order valence-electron chi connectivity index (χ3n) is 6.54. The minimum atomic E-state index is -0.472. The smallest absolute Gasteiger partial charge is 0.269 e. The molecule has 0 saturated carbocycles. The number of aromatic nitrogens is 4. The van der Waals surface area contributed by atoms with E-state index < -0.39 is 4.92 Å². The molecule has 39 heavy (non-hydrogen) atoms. The van der Waals surface area contributed by atoms with Crippen molar-refractivity contribution in [1.29, 1.82) is 0 Å². The molecule has 10 heteroatoms. The number of hydrogen-bond acceptors (Lipinski definition) is 6. The van der Waals surface area contributed by atoms with Crippen LogP contribution in [0.5, 0.6) is 0 Å². The number of hydrogen-bond donors (Lipinski definition) is 1. The summed E-state index contributed by atoms with van der Waals surface area (Å²) in [6.07, 6.45) is 3.16. The van der Waals surface area contributed by atoms with Gasteiger partial charge in [-0.05, 0) is 16.7 Å². The molecule has 0 aliphatic rings. The molecule has 1 amide bonds. The van der Waals surface area contributed by atoms with Crippen LogP contribution in [0.15, 0.2) is 102 Å². The zero-order valence-corrected chi connectivity index (χ0v) is 21.0. The molecule has 3 aromatic carbocycles.